The number of esters is 2. The van der Waals surface area contributed by atoms with E-state index in [9.17, 15) is 9.59 Å². The van der Waals surface area contributed by atoms with Crippen LogP contribution in [0, 0.1) is 0 Å². The van der Waals surface area contributed by atoms with Gasteiger partial charge in [-0.2, -0.15) is 0 Å². The van der Waals surface area contributed by atoms with Crippen molar-refractivity contribution in [2.24, 2.45) is 5.73 Å². The molecule has 0 bridgehead atoms. The van der Waals surface area contributed by atoms with Crippen molar-refractivity contribution in [1.82, 2.24) is 6.15 Å². The number of alkyl halides is 1. The Hall–Kier alpha value is -0.340. The Morgan fingerprint density at radius 3 is 1.68 bits per heavy atom. The number of hydrogen-bond donors (Lipinski definition) is 3. The van der Waals surface area contributed by atoms with Gasteiger partial charge >= 0.3 is 11.9 Å². The number of thiophene rings is 2. The number of carbonyl (C=O) groups is 2. The molecule has 2 heterocycles. The summed E-state index contributed by atoms with van der Waals surface area (Å²) in [6, 6.07) is 0. The number of aliphatic hydroxyl groups is 1. The molecule has 0 amide bonds. The fourth-order valence-electron chi connectivity index (χ4n) is 1.57. The molecule has 0 atom stereocenters. The minimum absolute atomic E-state index is 0. The molecule has 12 heteroatoms. The van der Waals surface area contributed by atoms with Gasteiger partial charge in [-0.3, -0.25) is 0 Å². The number of rotatable bonds is 4. The molecule has 0 aliphatic heterocycles. The topological polar surface area (TPSA) is 134 Å². The van der Waals surface area contributed by atoms with Crippen LogP contribution in [-0.4, -0.2) is 38.4 Å². The van der Waals surface area contributed by atoms with Crippen LogP contribution >= 0.6 is 70.5 Å². The first kappa shape index (κ1) is 32.3. The van der Waals surface area contributed by atoms with Crippen molar-refractivity contribution in [3.05, 3.63) is 40.6 Å². The Balaban J connectivity index is -0.000000385. The van der Waals surface area contributed by atoms with Crippen molar-refractivity contribution in [3.63, 3.8) is 0 Å². The molecule has 2 rings (SSSR count). The van der Waals surface area contributed by atoms with Crippen molar-refractivity contribution in [1.29, 1.82) is 0 Å². The molecular weight excluding hydrogens is 604 g/mol. The smallest absolute Gasteiger partial charge is 0.348 e. The van der Waals surface area contributed by atoms with E-state index in [1.165, 1.54) is 36.9 Å². The average molecular weight is 629 g/mol. The molecule has 28 heavy (non-hydrogen) atoms. The van der Waals surface area contributed by atoms with E-state index in [1.54, 1.807) is 0 Å². The van der Waals surface area contributed by atoms with Crippen molar-refractivity contribution < 1.29 is 24.2 Å². The maximum absolute atomic E-state index is 11.2. The quantitative estimate of drug-likeness (QED) is 0.307. The van der Waals surface area contributed by atoms with Crippen LogP contribution in [0.25, 0.3) is 0 Å². The van der Waals surface area contributed by atoms with Crippen LogP contribution in [0.5, 0.6) is 0 Å². The second-order valence-corrected chi connectivity index (χ2v) is 8.13. The standard InChI is InChI=1S/C7H6Br2O2S.C7H8BrNO2S.CH4O.CH4.H3N/c1-11-7(10)6-4(2-8)5(9)3-12-6;1-11-7(10)6-4(2-9)5(8)3-12-6;1-2;;/h3H,2H2,1H3;3H,2,9H2,1H3;2H,1H3;1H4;1H3. The molecule has 0 radical (unpaired) electrons. The molecule has 162 valence electrons. The number of methoxy groups -OCH3 is 2. The number of hydrogen-bond acceptors (Lipinski definition) is 9. The Morgan fingerprint density at radius 1 is 1.00 bits per heavy atom. The lowest BCUT2D eigenvalue weighted by atomic mass is 10.2. The first-order valence-electron chi connectivity index (χ1n) is 6.80. The predicted molar refractivity (Wildman–Crippen MR) is 127 cm³/mol. The van der Waals surface area contributed by atoms with Gasteiger partial charge in [0.15, 0.2) is 0 Å². The highest BCUT2D eigenvalue weighted by Gasteiger charge is 2.16. The molecular formula is C16H25Br3N2O5S2. The summed E-state index contributed by atoms with van der Waals surface area (Å²) in [5, 5.41) is 11.4. The van der Waals surface area contributed by atoms with E-state index in [0.29, 0.717) is 21.6 Å². The number of ether oxygens (including phenoxy) is 2. The van der Waals surface area contributed by atoms with Gasteiger partial charge in [0, 0.05) is 49.8 Å². The molecule has 2 aromatic rings. The van der Waals surface area contributed by atoms with E-state index >= 15 is 0 Å². The SMILES string of the molecule is C.CO.COC(=O)c1scc(Br)c1CBr.COC(=O)c1scc(Br)c1CN.N. The van der Waals surface area contributed by atoms with E-state index in [1.807, 2.05) is 10.8 Å². The van der Waals surface area contributed by atoms with Crippen LogP contribution in [0.15, 0.2) is 19.7 Å². The van der Waals surface area contributed by atoms with Crippen molar-refractivity contribution in [3.8, 4) is 0 Å². The second kappa shape index (κ2) is 17.5. The number of aliphatic hydroxyl groups excluding tert-OH is 1. The Bertz CT molecular complexity index is 663. The van der Waals surface area contributed by atoms with Gasteiger partial charge < -0.3 is 26.5 Å². The van der Waals surface area contributed by atoms with Crippen LogP contribution in [0.1, 0.15) is 37.9 Å². The van der Waals surface area contributed by atoms with Gasteiger partial charge in [0.2, 0.25) is 0 Å². The minimum atomic E-state index is -0.328. The summed E-state index contributed by atoms with van der Waals surface area (Å²) in [4.78, 5) is 23.5. The molecule has 0 spiro atoms. The van der Waals surface area contributed by atoms with Gasteiger partial charge in [-0.05, 0) is 31.9 Å². The fraction of sp³-hybridized carbons (Fsp3) is 0.375. The van der Waals surface area contributed by atoms with Crippen molar-refractivity contribution in [2.75, 3.05) is 21.3 Å². The van der Waals surface area contributed by atoms with Crippen molar-refractivity contribution in [2.45, 2.75) is 19.3 Å². The van der Waals surface area contributed by atoms with Crippen LogP contribution < -0.4 is 11.9 Å². The summed E-state index contributed by atoms with van der Waals surface area (Å²) in [6.07, 6.45) is 0. The summed E-state index contributed by atoms with van der Waals surface area (Å²) >= 11 is 12.7. The summed E-state index contributed by atoms with van der Waals surface area (Å²) in [7, 11) is 3.74. The molecule has 0 aliphatic rings. The highest BCUT2D eigenvalue weighted by molar-refractivity contribution is 9.11. The highest BCUT2D eigenvalue weighted by atomic mass is 79.9. The molecule has 6 N–H and O–H groups in total. The molecule has 0 aliphatic carbocycles. The van der Waals surface area contributed by atoms with Crippen LogP contribution in [0.3, 0.4) is 0 Å². The molecule has 0 unspecified atom stereocenters. The van der Waals surface area contributed by atoms with E-state index in [0.717, 1.165) is 27.2 Å². The molecule has 0 saturated carbocycles. The highest BCUT2D eigenvalue weighted by Crippen LogP contribution is 2.30. The third kappa shape index (κ3) is 8.99. The lowest BCUT2D eigenvalue weighted by molar-refractivity contribution is 0.0596. The van der Waals surface area contributed by atoms with Gasteiger partial charge in [-0.25, -0.2) is 9.59 Å². The Morgan fingerprint density at radius 2 is 1.36 bits per heavy atom. The largest absolute Gasteiger partial charge is 0.465 e. The first-order chi connectivity index (χ1) is 12.4. The van der Waals surface area contributed by atoms with Gasteiger partial charge in [-0.1, -0.05) is 23.4 Å². The summed E-state index contributed by atoms with van der Waals surface area (Å²) in [5.41, 5.74) is 7.22. The summed E-state index contributed by atoms with van der Waals surface area (Å²) < 4.78 is 11.0. The number of nitrogens with two attached hydrogens (primary N) is 1. The number of halogens is 3. The van der Waals surface area contributed by atoms with Crippen molar-refractivity contribution >= 4 is 82.4 Å². The summed E-state index contributed by atoms with van der Waals surface area (Å²) in [6.45, 7) is 0.342. The fourth-order valence-corrected chi connectivity index (χ4v) is 5.98. The van der Waals surface area contributed by atoms with Crippen LogP contribution in [0.4, 0.5) is 0 Å². The zero-order valence-electron chi connectivity index (χ0n) is 14.9. The van der Waals surface area contributed by atoms with Gasteiger partial charge in [0.05, 0.1) is 14.2 Å². The Kier molecular flexibility index (Phi) is 20.2. The second-order valence-electron chi connectivity index (χ2n) is 4.10. The minimum Gasteiger partial charge on any atom is -0.465 e. The normalized spacial score (nSPS) is 8.71. The van der Waals surface area contributed by atoms with E-state index in [4.69, 9.17) is 10.8 Å². The first-order valence-corrected chi connectivity index (χ1v) is 11.3. The van der Waals surface area contributed by atoms with Gasteiger partial charge in [0.25, 0.3) is 0 Å². The van der Waals surface area contributed by atoms with Gasteiger partial charge in [0.1, 0.15) is 9.75 Å². The maximum Gasteiger partial charge on any atom is 0.348 e. The lowest BCUT2D eigenvalue weighted by Gasteiger charge is -1.98. The average Bonchev–Trinajstić information content (AvgIpc) is 3.24. The van der Waals surface area contributed by atoms with Gasteiger partial charge in [-0.15, -0.1) is 22.7 Å². The maximum atomic E-state index is 11.2. The van der Waals surface area contributed by atoms with E-state index in [2.05, 4.69) is 57.3 Å². The predicted octanol–water partition coefficient (Wildman–Crippen LogP) is 5.35. The molecule has 0 aromatic carbocycles. The summed E-state index contributed by atoms with van der Waals surface area (Å²) in [5.74, 6) is -0.605. The van der Waals surface area contributed by atoms with Crippen LogP contribution in [-0.2, 0) is 21.3 Å². The van der Waals surface area contributed by atoms with Crippen LogP contribution in [0.2, 0.25) is 0 Å². The lowest BCUT2D eigenvalue weighted by Crippen LogP contribution is -2.05. The third-order valence-electron chi connectivity index (χ3n) is 2.76. The third-order valence-corrected chi connectivity index (χ3v) is 7.35. The monoisotopic (exact) mass is 626 g/mol. The van der Waals surface area contributed by atoms with E-state index < -0.39 is 0 Å². The molecule has 7 nitrogen and oxygen atoms in total. The zero-order chi connectivity index (χ0) is 20.3. The molecule has 0 saturated heterocycles. The number of carbonyl (C=O) groups excluding carboxylic acids is 2. The zero-order valence-corrected chi connectivity index (χ0v) is 21.3. The molecule has 0 fully saturated rings. The van der Waals surface area contributed by atoms with E-state index in [-0.39, 0.29) is 25.5 Å². The Labute approximate surface area is 198 Å². The molecule has 2 aromatic heterocycles.